The second-order valence-electron chi connectivity index (χ2n) is 7.13. The third-order valence-electron chi connectivity index (χ3n) is 4.91. The fraction of sp³-hybridized carbons (Fsp3) is 0.450. The molecule has 3 rings (SSSR count). The zero-order valence-corrected chi connectivity index (χ0v) is 17.4. The summed E-state index contributed by atoms with van der Waals surface area (Å²) in [6, 6.07) is 10.6. The highest BCUT2D eigenvalue weighted by Crippen LogP contribution is 2.21. The van der Waals surface area contributed by atoms with E-state index in [1.54, 1.807) is 31.5 Å². The van der Waals surface area contributed by atoms with Gasteiger partial charge in [0.05, 0.1) is 12.0 Å². The van der Waals surface area contributed by atoms with Crippen LogP contribution >= 0.6 is 0 Å². The minimum Gasteiger partial charge on any atom is -0.496 e. The van der Waals surface area contributed by atoms with Crippen LogP contribution in [0, 0.1) is 6.92 Å². The van der Waals surface area contributed by atoms with Crippen LogP contribution in [0.5, 0.6) is 5.75 Å². The molecule has 152 valence electrons. The fourth-order valence-corrected chi connectivity index (χ4v) is 4.80. The molecule has 8 heteroatoms. The molecule has 1 saturated heterocycles. The maximum Gasteiger partial charge on any atom is 0.240 e. The first kappa shape index (κ1) is 20.6. The van der Waals surface area contributed by atoms with Crippen molar-refractivity contribution in [3.63, 3.8) is 0 Å². The first-order valence-corrected chi connectivity index (χ1v) is 10.9. The zero-order chi connectivity index (χ0) is 20.1. The number of benzene rings is 1. The lowest BCUT2D eigenvalue weighted by Gasteiger charge is -2.36. The van der Waals surface area contributed by atoms with Crippen LogP contribution in [-0.4, -0.2) is 64.2 Å². The number of hydrogen-bond acceptors (Lipinski definition) is 6. The maximum atomic E-state index is 12.7. The summed E-state index contributed by atoms with van der Waals surface area (Å²) in [7, 11) is -1.99. The predicted octanol–water partition coefficient (Wildman–Crippen LogP) is 1.89. The summed E-state index contributed by atoms with van der Waals surface area (Å²) in [5, 5.41) is 0. The predicted molar refractivity (Wildman–Crippen MR) is 110 cm³/mol. The number of rotatable bonds is 7. The molecule has 28 heavy (non-hydrogen) atoms. The number of aryl methyl sites for hydroxylation is 1. The van der Waals surface area contributed by atoms with Gasteiger partial charge in [0.15, 0.2) is 0 Å². The van der Waals surface area contributed by atoms with Gasteiger partial charge in [-0.2, -0.15) is 0 Å². The minimum absolute atomic E-state index is 0.186. The number of pyridine rings is 1. The van der Waals surface area contributed by atoms with Crippen LogP contribution in [0.1, 0.15) is 12.5 Å². The molecule has 0 radical (unpaired) electrons. The highest BCUT2D eigenvalue weighted by atomic mass is 32.2. The lowest BCUT2D eigenvalue weighted by atomic mass is 10.2. The Kier molecular flexibility index (Phi) is 6.53. The van der Waals surface area contributed by atoms with Crippen molar-refractivity contribution in [3.05, 3.63) is 48.2 Å². The molecule has 0 aliphatic carbocycles. The molecule has 1 aromatic heterocycles. The molecule has 1 aliphatic rings. The van der Waals surface area contributed by atoms with Gasteiger partial charge in [0.25, 0.3) is 0 Å². The average molecular weight is 405 g/mol. The summed E-state index contributed by atoms with van der Waals surface area (Å²) in [4.78, 5) is 9.20. The molecule has 7 nitrogen and oxygen atoms in total. The van der Waals surface area contributed by atoms with E-state index in [4.69, 9.17) is 4.74 Å². The van der Waals surface area contributed by atoms with Crippen molar-refractivity contribution in [1.82, 2.24) is 14.6 Å². The molecule has 1 aromatic carbocycles. The second kappa shape index (κ2) is 8.89. The van der Waals surface area contributed by atoms with Gasteiger partial charge in [0, 0.05) is 45.0 Å². The number of aromatic nitrogens is 1. The first-order valence-electron chi connectivity index (χ1n) is 9.44. The van der Waals surface area contributed by atoms with Crippen LogP contribution in [0.15, 0.2) is 47.5 Å². The summed E-state index contributed by atoms with van der Waals surface area (Å²) in [5.74, 6) is 1.67. The Balaban J connectivity index is 1.54. The van der Waals surface area contributed by atoms with Crippen molar-refractivity contribution in [3.8, 4) is 5.75 Å². The van der Waals surface area contributed by atoms with Gasteiger partial charge in [-0.1, -0.05) is 6.07 Å². The van der Waals surface area contributed by atoms with Gasteiger partial charge in [0.2, 0.25) is 10.0 Å². The standard InChI is InChI=1S/C20H28N4O3S/c1-16-14-18(7-8-19(16)27-3)28(25,26)22-17(2)15-23-10-12-24(13-11-23)20-6-4-5-9-21-20/h4-9,14,17,22H,10-13,15H2,1-3H3. The van der Waals surface area contributed by atoms with E-state index in [2.05, 4.69) is 19.5 Å². The van der Waals surface area contributed by atoms with E-state index in [0.29, 0.717) is 12.3 Å². The molecule has 1 fully saturated rings. The van der Waals surface area contributed by atoms with Gasteiger partial charge >= 0.3 is 0 Å². The minimum atomic E-state index is -3.56. The Labute approximate surface area is 167 Å². The third-order valence-corrected chi connectivity index (χ3v) is 6.50. The lowest BCUT2D eigenvalue weighted by Crippen LogP contribution is -2.51. The molecule has 1 N–H and O–H groups in total. The Morgan fingerprint density at radius 3 is 2.54 bits per heavy atom. The van der Waals surface area contributed by atoms with Gasteiger partial charge in [0.1, 0.15) is 11.6 Å². The molecule has 0 bridgehead atoms. The van der Waals surface area contributed by atoms with Crippen LogP contribution in [0.2, 0.25) is 0 Å². The summed E-state index contributed by atoms with van der Waals surface area (Å²) < 4.78 is 33.4. The molecule has 0 amide bonds. The van der Waals surface area contributed by atoms with E-state index < -0.39 is 10.0 Å². The quantitative estimate of drug-likeness (QED) is 0.760. The van der Waals surface area contributed by atoms with Crippen molar-refractivity contribution in [2.75, 3.05) is 44.7 Å². The topological polar surface area (TPSA) is 74.8 Å². The van der Waals surface area contributed by atoms with E-state index in [1.165, 1.54) is 0 Å². The number of sulfonamides is 1. The summed E-state index contributed by atoms with van der Waals surface area (Å²) in [6.07, 6.45) is 1.81. The lowest BCUT2D eigenvalue weighted by molar-refractivity contribution is 0.241. The molecule has 2 heterocycles. The fourth-order valence-electron chi connectivity index (χ4n) is 3.48. The molecule has 1 unspecified atom stereocenters. The van der Waals surface area contributed by atoms with Gasteiger partial charge in [-0.15, -0.1) is 0 Å². The molecule has 2 aromatic rings. The number of nitrogens with one attached hydrogen (secondary N) is 1. The zero-order valence-electron chi connectivity index (χ0n) is 16.6. The molecule has 0 saturated carbocycles. The van der Waals surface area contributed by atoms with Crippen molar-refractivity contribution < 1.29 is 13.2 Å². The van der Waals surface area contributed by atoms with Gasteiger partial charge in [-0.25, -0.2) is 18.1 Å². The molecule has 1 aliphatic heterocycles. The number of nitrogens with zero attached hydrogens (tertiary/aromatic N) is 3. The maximum absolute atomic E-state index is 12.7. The highest BCUT2D eigenvalue weighted by Gasteiger charge is 2.23. The Morgan fingerprint density at radius 2 is 1.93 bits per heavy atom. The average Bonchev–Trinajstić information content (AvgIpc) is 2.68. The first-order chi connectivity index (χ1) is 13.4. The molecule has 0 spiro atoms. The van der Waals surface area contributed by atoms with Gasteiger partial charge in [-0.3, -0.25) is 4.90 Å². The number of methoxy groups -OCH3 is 1. The van der Waals surface area contributed by atoms with Crippen LogP contribution in [0.4, 0.5) is 5.82 Å². The monoisotopic (exact) mass is 404 g/mol. The van der Waals surface area contributed by atoms with Gasteiger partial charge < -0.3 is 9.64 Å². The van der Waals surface area contributed by atoms with E-state index in [0.717, 1.165) is 37.6 Å². The number of piperazine rings is 1. The summed E-state index contributed by atoms with van der Waals surface area (Å²) >= 11 is 0. The molecular formula is C20H28N4O3S. The van der Waals surface area contributed by atoms with Crippen molar-refractivity contribution in [2.45, 2.75) is 24.8 Å². The SMILES string of the molecule is COc1ccc(S(=O)(=O)NC(C)CN2CCN(c3ccccn3)CC2)cc1C. The normalized spacial score (nSPS) is 16.8. The second-order valence-corrected chi connectivity index (χ2v) is 8.84. The van der Waals surface area contributed by atoms with Crippen molar-refractivity contribution in [1.29, 1.82) is 0 Å². The smallest absolute Gasteiger partial charge is 0.240 e. The summed E-state index contributed by atoms with van der Waals surface area (Å²) in [5.41, 5.74) is 0.795. The van der Waals surface area contributed by atoms with E-state index >= 15 is 0 Å². The Morgan fingerprint density at radius 1 is 1.18 bits per heavy atom. The van der Waals surface area contributed by atoms with Crippen LogP contribution in [0.25, 0.3) is 0 Å². The Hall–Kier alpha value is -2.16. The van der Waals surface area contributed by atoms with Gasteiger partial charge in [-0.05, 0) is 49.7 Å². The van der Waals surface area contributed by atoms with Crippen molar-refractivity contribution >= 4 is 15.8 Å². The van der Waals surface area contributed by atoms with Crippen LogP contribution in [0.3, 0.4) is 0 Å². The third kappa shape index (κ3) is 5.01. The number of hydrogen-bond donors (Lipinski definition) is 1. The van der Waals surface area contributed by atoms with Crippen molar-refractivity contribution in [2.24, 2.45) is 0 Å². The highest BCUT2D eigenvalue weighted by molar-refractivity contribution is 7.89. The van der Waals surface area contributed by atoms with Crippen LogP contribution in [-0.2, 0) is 10.0 Å². The van der Waals surface area contributed by atoms with E-state index in [9.17, 15) is 8.42 Å². The van der Waals surface area contributed by atoms with E-state index in [-0.39, 0.29) is 10.9 Å². The molecule has 1 atom stereocenters. The largest absolute Gasteiger partial charge is 0.496 e. The van der Waals surface area contributed by atoms with E-state index in [1.807, 2.05) is 32.0 Å². The molecular weight excluding hydrogens is 376 g/mol. The number of ether oxygens (including phenoxy) is 1. The van der Waals surface area contributed by atoms with Crippen LogP contribution < -0.4 is 14.4 Å². The summed E-state index contributed by atoms with van der Waals surface area (Å²) in [6.45, 7) is 7.93. The number of anilines is 1. The Bertz CT molecular complexity index is 882.